The second-order valence-corrected chi connectivity index (χ2v) is 11.8. The van der Waals surface area contributed by atoms with Gasteiger partial charge in [-0.2, -0.15) is 0 Å². The molecule has 0 bridgehead atoms. The summed E-state index contributed by atoms with van der Waals surface area (Å²) in [7, 11) is 0. The molecular weight excluding hydrogens is 410 g/mol. The zero-order valence-electron chi connectivity index (χ0n) is 20.4. The Kier molecular flexibility index (Phi) is 12.7. The van der Waals surface area contributed by atoms with E-state index in [-0.39, 0.29) is 0 Å². The summed E-state index contributed by atoms with van der Waals surface area (Å²) >= 11 is 2.07. The first-order valence-corrected chi connectivity index (χ1v) is 14.7. The van der Waals surface area contributed by atoms with Gasteiger partial charge in [0.1, 0.15) is 6.29 Å². The molecule has 1 N–H and O–H groups in total. The Morgan fingerprint density at radius 1 is 0.688 bits per heavy atom. The zero-order valence-corrected chi connectivity index (χ0v) is 21.2. The van der Waals surface area contributed by atoms with Crippen LogP contribution >= 0.6 is 11.8 Å². The molecule has 0 aromatic heterocycles. The number of thioether (sulfide) groups is 1. The molecule has 2 nitrogen and oxygen atoms in total. The highest BCUT2D eigenvalue weighted by molar-refractivity contribution is 8.00. The summed E-state index contributed by atoms with van der Waals surface area (Å²) in [5, 5.41) is 4.44. The lowest BCUT2D eigenvalue weighted by Crippen LogP contribution is -2.15. The van der Waals surface area contributed by atoms with Crippen LogP contribution in [0, 0.1) is 11.8 Å². The lowest BCUT2D eigenvalue weighted by molar-refractivity contribution is -0.111. The molecule has 0 aliphatic heterocycles. The van der Waals surface area contributed by atoms with Crippen LogP contribution in [0.1, 0.15) is 116 Å². The Labute approximate surface area is 202 Å². The molecule has 3 heteroatoms. The lowest BCUT2D eigenvalue weighted by Gasteiger charge is -2.20. The average molecular weight is 458 g/mol. The number of anilines is 1. The van der Waals surface area contributed by atoms with Gasteiger partial charge >= 0.3 is 0 Å². The predicted octanol–water partition coefficient (Wildman–Crippen LogP) is 9.04. The predicted molar refractivity (Wildman–Crippen MR) is 141 cm³/mol. The first kappa shape index (κ1) is 25.7. The van der Waals surface area contributed by atoms with Crippen molar-refractivity contribution >= 4 is 23.7 Å². The number of benzene rings is 1. The van der Waals surface area contributed by atoms with Gasteiger partial charge in [0.25, 0.3) is 0 Å². The van der Waals surface area contributed by atoms with Crippen molar-refractivity contribution in [2.45, 2.75) is 126 Å². The SMILES string of the molecule is O=CC1CCCCCCC(Sc2ccc(NCC3CCCCCCCCC3)cc2)CCC1. The fourth-order valence-corrected chi connectivity index (χ4v) is 6.73. The highest BCUT2D eigenvalue weighted by Gasteiger charge is 2.15. The van der Waals surface area contributed by atoms with Crippen LogP contribution in [0.3, 0.4) is 0 Å². The largest absolute Gasteiger partial charge is 0.385 e. The topological polar surface area (TPSA) is 29.1 Å². The maximum atomic E-state index is 11.3. The second-order valence-electron chi connectivity index (χ2n) is 10.4. The van der Waals surface area contributed by atoms with Gasteiger partial charge in [-0.25, -0.2) is 0 Å². The normalized spacial score (nSPS) is 25.4. The van der Waals surface area contributed by atoms with Gasteiger partial charge in [-0.3, -0.25) is 0 Å². The number of hydrogen-bond donors (Lipinski definition) is 1. The van der Waals surface area contributed by atoms with Gasteiger partial charge in [-0.15, -0.1) is 11.8 Å². The van der Waals surface area contributed by atoms with E-state index in [1.807, 2.05) is 0 Å². The van der Waals surface area contributed by atoms with Gasteiger partial charge in [-0.05, 0) is 68.7 Å². The third-order valence-electron chi connectivity index (χ3n) is 7.62. The Hall–Kier alpha value is -0.960. The molecule has 2 fully saturated rings. The van der Waals surface area contributed by atoms with Crippen LogP contribution in [0.25, 0.3) is 0 Å². The minimum atomic E-state index is 0.302. The number of rotatable bonds is 6. The van der Waals surface area contributed by atoms with Crippen molar-refractivity contribution in [3.8, 4) is 0 Å². The van der Waals surface area contributed by atoms with Crippen LogP contribution in [-0.4, -0.2) is 18.1 Å². The molecule has 0 spiro atoms. The molecular formula is C29H47NOS. The molecule has 2 aliphatic carbocycles. The van der Waals surface area contributed by atoms with Crippen molar-refractivity contribution in [1.82, 2.24) is 0 Å². The maximum absolute atomic E-state index is 11.3. The van der Waals surface area contributed by atoms with E-state index in [1.54, 1.807) is 0 Å². The van der Waals surface area contributed by atoms with E-state index >= 15 is 0 Å². The maximum Gasteiger partial charge on any atom is 0.123 e. The standard InChI is InChI=1S/C29H47NOS/c31-24-26-15-10-6-7-11-17-28(18-12-16-26)32-29-21-19-27(20-22-29)30-23-25-13-8-4-2-1-3-5-9-14-25/h19-22,24-26,28,30H,1-18,23H2. The van der Waals surface area contributed by atoms with Gasteiger partial charge in [0.2, 0.25) is 0 Å². The van der Waals surface area contributed by atoms with Crippen molar-refractivity contribution in [3.05, 3.63) is 24.3 Å². The van der Waals surface area contributed by atoms with E-state index in [1.165, 1.54) is 120 Å². The Morgan fingerprint density at radius 2 is 1.22 bits per heavy atom. The van der Waals surface area contributed by atoms with Gasteiger partial charge in [0.05, 0.1) is 0 Å². The summed E-state index contributed by atoms with van der Waals surface area (Å²) in [6.45, 7) is 1.13. The van der Waals surface area contributed by atoms with Gasteiger partial charge < -0.3 is 10.1 Å². The van der Waals surface area contributed by atoms with Crippen LogP contribution < -0.4 is 5.32 Å². The average Bonchev–Trinajstić information content (AvgIpc) is 2.87. The number of aldehydes is 1. The fraction of sp³-hybridized carbons (Fsp3) is 0.759. The van der Waals surface area contributed by atoms with Crippen LogP contribution in [-0.2, 0) is 4.79 Å². The smallest absolute Gasteiger partial charge is 0.123 e. The highest BCUT2D eigenvalue weighted by Crippen LogP contribution is 2.33. The van der Waals surface area contributed by atoms with Crippen molar-refractivity contribution in [1.29, 1.82) is 0 Å². The first-order chi connectivity index (χ1) is 15.8. The second kappa shape index (κ2) is 15.8. The van der Waals surface area contributed by atoms with E-state index in [4.69, 9.17) is 0 Å². The molecule has 0 saturated heterocycles. The Balaban J connectivity index is 1.44. The van der Waals surface area contributed by atoms with Crippen LogP contribution in [0.4, 0.5) is 5.69 Å². The zero-order chi connectivity index (χ0) is 22.3. The van der Waals surface area contributed by atoms with Crippen LogP contribution in [0.15, 0.2) is 29.2 Å². The van der Waals surface area contributed by atoms with E-state index in [9.17, 15) is 4.79 Å². The molecule has 1 aromatic rings. The Morgan fingerprint density at radius 3 is 1.88 bits per heavy atom. The molecule has 0 radical (unpaired) electrons. The summed E-state index contributed by atoms with van der Waals surface area (Å²) in [6.07, 6.45) is 25.2. The van der Waals surface area contributed by atoms with Crippen molar-refractivity contribution < 1.29 is 4.79 Å². The number of nitrogens with one attached hydrogen (secondary N) is 1. The molecule has 32 heavy (non-hydrogen) atoms. The molecule has 2 unspecified atom stereocenters. The van der Waals surface area contributed by atoms with Gasteiger partial charge in [0.15, 0.2) is 0 Å². The van der Waals surface area contributed by atoms with Crippen molar-refractivity contribution in [3.63, 3.8) is 0 Å². The summed E-state index contributed by atoms with van der Waals surface area (Å²) in [6, 6.07) is 9.21. The molecule has 0 heterocycles. The van der Waals surface area contributed by atoms with Gasteiger partial charge in [0, 0.05) is 28.3 Å². The van der Waals surface area contributed by atoms with Crippen LogP contribution in [0.2, 0.25) is 0 Å². The summed E-state index contributed by atoms with van der Waals surface area (Å²) in [4.78, 5) is 12.7. The number of carbonyl (C=O) groups excluding carboxylic acids is 1. The third-order valence-corrected chi connectivity index (χ3v) is 8.97. The summed E-state index contributed by atoms with van der Waals surface area (Å²) in [5.41, 5.74) is 1.28. The molecule has 180 valence electrons. The lowest BCUT2D eigenvalue weighted by atomic mass is 9.92. The molecule has 1 aromatic carbocycles. The Bertz CT molecular complexity index is 606. The minimum absolute atomic E-state index is 0.302. The molecule has 2 aliphatic rings. The minimum Gasteiger partial charge on any atom is -0.385 e. The summed E-state index contributed by atoms with van der Waals surface area (Å²) in [5.74, 6) is 1.14. The molecule has 0 amide bonds. The first-order valence-electron chi connectivity index (χ1n) is 13.8. The highest BCUT2D eigenvalue weighted by atomic mass is 32.2. The monoisotopic (exact) mass is 457 g/mol. The van der Waals surface area contributed by atoms with E-state index in [0.29, 0.717) is 11.2 Å². The fourth-order valence-electron chi connectivity index (χ4n) is 5.49. The summed E-state index contributed by atoms with van der Waals surface area (Å²) < 4.78 is 0. The van der Waals surface area contributed by atoms with Gasteiger partial charge in [-0.1, -0.05) is 77.0 Å². The quantitative estimate of drug-likeness (QED) is 0.432. The third kappa shape index (κ3) is 10.3. The molecule has 3 rings (SSSR count). The van der Waals surface area contributed by atoms with E-state index in [0.717, 1.165) is 25.3 Å². The van der Waals surface area contributed by atoms with Crippen molar-refractivity contribution in [2.24, 2.45) is 11.8 Å². The molecule has 2 saturated carbocycles. The van der Waals surface area contributed by atoms with E-state index in [2.05, 4.69) is 41.3 Å². The molecule has 2 atom stereocenters. The number of carbonyl (C=O) groups is 1. The van der Waals surface area contributed by atoms with E-state index < -0.39 is 0 Å². The van der Waals surface area contributed by atoms with Crippen LogP contribution in [0.5, 0.6) is 0 Å². The van der Waals surface area contributed by atoms with Crippen molar-refractivity contribution in [2.75, 3.05) is 11.9 Å². The number of hydrogen-bond acceptors (Lipinski definition) is 3.